The van der Waals surface area contributed by atoms with Gasteiger partial charge in [0.05, 0.1) is 22.0 Å². The van der Waals surface area contributed by atoms with Gasteiger partial charge in [-0.3, -0.25) is 9.69 Å². The van der Waals surface area contributed by atoms with E-state index in [1.165, 1.54) is 0 Å². The van der Waals surface area contributed by atoms with Crippen LogP contribution < -0.4 is 4.90 Å². The monoisotopic (exact) mass is 332 g/mol. The van der Waals surface area contributed by atoms with Crippen LogP contribution in [0, 0.1) is 0 Å². The second-order valence-corrected chi connectivity index (χ2v) is 6.10. The Labute approximate surface area is 139 Å². The minimum Gasteiger partial charge on any atom is -0.383 e. The van der Waals surface area contributed by atoms with E-state index in [-0.39, 0.29) is 5.91 Å². The normalized spacial score (nSPS) is 15.4. The summed E-state index contributed by atoms with van der Waals surface area (Å²) in [6.45, 7) is 0. The highest BCUT2D eigenvalue weighted by atomic mass is 35.5. The molecule has 1 heterocycles. The molecule has 0 fully saturated rings. The molecule has 1 amide bonds. The number of benzene rings is 2. The molecule has 1 aliphatic heterocycles. The number of anilines is 2. The number of carbonyl (C=O) groups is 1. The van der Waals surface area contributed by atoms with Crippen LogP contribution in [0.4, 0.5) is 11.4 Å². The summed E-state index contributed by atoms with van der Waals surface area (Å²) in [6.07, 6.45) is 1.79. The minimum atomic E-state index is -0.112. The van der Waals surface area contributed by atoms with Crippen molar-refractivity contribution in [3.8, 4) is 0 Å². The van der Waals surface area contributed by atoms with Gasteiger partial charge < -0.3 is 4.90 Å². The van der Waals surface area contributed by atoms with Crippen LogP contribution in [0.1, 0.15) is 5.56 Å². The number of halogens is 2. The number of rotatable bonds is 2. The Morgan fingerprint density at radius 2 is 1.82 bits per heavy atom. The molecule has 0 unspecified atom stereocenters. The first-order valence-electron chi connectivity index (χ1n) is 6.76. The Morgan fingerprint density at radius 1 is 1.09 bits per heavy atom. The smallest absolute Gasteiger partial charge is 0.265 e. The van der Waals surface area contributed by atoms with Crippen molar-refractivity contribution in [3.63, 3.8) is 0 Å². The standard InChI is InChI=1S/C17H14Cl2N2O/c1-20(2)10-13-16-14(19)7-4-8-15(16)21(17(13)22)12-6-3-5-11(18)9-12/h3-10H,1-2H3/b13-10-. The van der Waals surface area contributed by atoms with Gasteiger partial charge in [0.1, 0.15) is 0 Å². The van der Waals surface area contributed by atoms with Crippen LogP contribution in [0.15, 0.2) is 48.7 Å². The molecule has 3 rings (SSSR count). The zero-order valence-electron chi connectivity index (χ0n) is 12.2. The lowest BCUT2D eigenvalue weighted by Gasteiger charge is -2.17. The lowest BCUT2D eigenvalue weighted by atomic mass is 10.1. The Balaban J connectivity index is 2.23. The maximum absolute atomic E-state index is 12.9. The minimum absolute atomic E-state index is 0.112. The van der Waals surface area contributed by atoms with Gasteiger partial charge in [0, 0.05) is 30.9 Å². The molecule has 5 heteroatoms. The number of nitrogens with zero attached hydrogens (tertiary/aromatic N) is 2. The molecule has 0 bridgehead atoms. The quantitative estimate of drug-likeness (QED) is 0.752. The average molecular weight is 333 g/mol. The van der Waals surface area contributed by atoms with Gasteiger partial charge >= 0.3 is 0 Å². The first kappa shape index (κ1) is 14.9. The Hall–Kier alpha value is -1.97. The van der Waals surface area contributed by atoms with Crippen molar-refractivity contribution < 1.29 is 4.79 Å². The van der Waals surface area contributed by atoms with E-state index in [0.29, 0.717) is 15.6 Å². The van der Waals surface area contributed by atoms with Crippen LogP contribution in [0.3, 0.4) is 0 Å². The van der Waals surface area contributed by atoms with E-state index in [9.17, 15) is 4.79 Å². The third-order valence-corrected chi connectivity index (χ3v) is 3.94. The van der Waals surface area contributed by atoms with Crippen LogP contribution >= 0.6 is 23.2 Å². The van der Waals surface area contributed by atoms with Crippen molar-refractivity contribution in [2.75, 3.05) is 19.0 Å². The fourth-order valence-corrected chi connectivity index (χ4v) is 3.01. The highest BCUT2D eigenvalue weighted by Crippen LogP contribution is 2.45. The molecule has 0 N–H and O–H groups in total. The fourth-order valence-electron chi connectivity index (χ4n) is 2.55. The lowest BCUT2D eigenvalue weighted by Crippen LogP contribution is -2.21. The van der Waals surface area contributed by atoms with Gasteiger partial charge in [-0.15, -0.1) is 0 Å². The molecule has 0 spiro atoms. The molecule has 2 aromatic rings. The molecular weight excluding hydrogens is 319 g/mol. The third-order valence-electron chi connectivity index (χ3n) is 3.39. The summed E-state index contributed by atoms with van der Waals surface area (Å²) in [6, 6.07) is 12.7. The van der Waals surface area contributed by atoms with E-state index < -0.39 is 0 Å². The van der Waals surface area contributed by atoms with Crippen molar-refractivity contribution in [2.45, 2.75) is 0 Å². The Bertz CT molecular complexity index is 784. The van der Waals surface area contributed by atoms with Crippen molar-refractivity contribution in [1.82, 2.24) is 4.90 Å². The number of hydrogen-bond donors (Lipinski definition) is 0. The van der Waals surface area contributed by atoms with E-state index in [0.717, 1.165) is 16.9 Å². The maximum atomic E-state index is 12.9. The topological polar surface area (TPSA) is 23.6 Å². The number of amides is 1. The van der Waals surface area contributed by atoms with Crippen molar-refractivity contribution in [1.29, 1.82) is 0 Å². The summed E-state index contributed by atoms with van der Waals surface area (Å²) in [5.41, 5.74) is 2.82. The SMILES string of the molecule is CN(C)/C=C1\C(=O)N(c2cccc(Cl)c2)c2cccc(Cl)c21. The summed E-state index contributed by atoms with van der Waals surface area (Å²) >= 11 is 12.4. The molecule has 112 valence electrons. The van der Waals surface area contributed by atoms with Crippen molar-refractivity contribution >= 4 is 46.1 Å². The van der Waals surface area contributed by atoms with Gasteiger partial charge in [-0.25, -0.2) is 0 Å². The summed E-state index contributed by atoms with van der Waals surface area (Å²) in [5.74, 6) is -0.112. The zero-order chi connectivity index (χ0) is 15.9. The Morgan fingerprint density at radius 3 is 2.50 bits per heavy atom. The largest absolute Gasteiger partial charge is 0.383 e. The lowest BCUT2D eigenvalue weighted by molar-refractivity contribution is -0.112. The van der Waals surface area contributed by atoms with Gasteiger partial charge in [-0.05, 0) is 30.3 Å². The predicted octanol–water partition coefficient (Wildman–Crippen LogP) is 4.57. The van der Waals surface area contributed by atoms with Crippen LogP contribution in [0.2, 0.25) is 10.0 Å². The first-order valence-corrected chi connectivity index (χ1v) is 7.52. The van der Waals surface area contributed by atoms with Crippen molar-refractivity contribution in [3.05, 3.63) is 64.3 Å². The van der Waals surface area contributed by atoms with Crippen LogP contribution in [-0.4, -0.2) is 24.9 Å². The molecule has 2 aromatic carbocycles. The molecular formula is C17H14Cl2N2O. The summed E-state index contributed by atoms with van der Waals surface area (Å²) in [4.78, 5) is 16.4. The molecule has 0 saturated carbocycles. The predicted molar refractivity (Wildman–Crippen MR) is 91.7 cm³/mol. The molecule has 3 nitrogen and oxygen atoms in total. The molecule has 0 radical (unpaired) electrons. The van der Waals surface area contributed by atoms with Crippen LogP contribution in [0.25, 0.3) is 5.57 Å². The summed E-state index contributed by atoms with van der Waals surface area (Å²) in [5, 5.41) is 1.14. The van der Waals surface area contributed by atoms with Crippen molar-refractivity contribution in [2.24, 2.45) is 0 Å². The van der Waals surface area contributed by atoms with Gasteiger partial charge in [0.2, 0.25) is 0 Å². The van der Waals surface area contributed by atoms with E-state index in [1.54, 1.807) is 29.3 Å². The maximum Gasteiger partial charge on any atom is 0.265 e. The third kappa shape index (κ3) is 2.47. The van der Waals surface area contributed by atoms with E-state index in [1.807, 2.05) is 43.3 Å². The molecule has 0 atom stereocenters. The first-order chi connectivity index (χ1) is 10.5. The van der Waals surface area contributed by atoms with E-state index >= 15 is 0 Å². The molecule has 0 saturated heterocycles. The highest BCUT2D eigenvalue weighted by Gasteiger charge is 2.35. The molecule has 1 aliphatic rings. The van der Waals surface area contributed by atoms with E-state index in [2.05, 4.69) is 0 Å². The molecule has 22 heavy (non-hydrogen) atoms. The van der Waals surface area contributed by atoms with Gasteiger partial charge in [-0.1, -0.05) is 35.3 Å². The summed E-state index contributed by atoms with van der Waals surface area (Å²) < 4.78 is 0. The van der Waals surface area contributed by atoms with Crippen LogP contribution in [-0.2, 0) is 4.79 Å². The number of fused-ring (bicyclic) bond motifs is 1. The molecule has 0 aliphatic carbocycles. The zero-order valence-corrected chi connectivity index (χ0v) is 13.7. The van der Waals surface area contributed by atoms with Gasteiger partial charge in [0.25, 0.3) is 5.91 Å². The highest BCUT2D eigenvalue weighted by molar-refractivity contribution is 6.41. The second-order valence-electron chi connectivity index (χ2n) is 5.26. The fraction of sp³-hybridized carbons (Fsp3) is 0.118. The number of hydrogen-bond acceptors (Lipinski definition) is 2. The van der Waals surface area contributed by atoms with E-state index in [4.69, 9.17) is 23.2 Å². The second kappa shape index (κ2) is 5.67. The molecule has 0 aromatic heterocycles. The van der Waals surface area contributed by atoms with Crippen LogP contribution in [0.5, 0.6) is 0 Å². The number of carbonyl (C=O) groups excluding carboxylic acids is 1. The van der Waals surface area contributed by atoms with Gasteiger partial charge in [-0.2, -0.15) is 0 Å². The Kier molecular flexibility index (Phi) is 3.85. The van der Waals surface area contributed by atoms with Gasteiger partial charge in [0.15, 0.2) is 0 Å². The summed E-state index contributed by atoms with van der Waals surface area (Å²) in [7, 11) is 3.75. The average Bonchev–Trinajstić information content (AvgIpc) is 2.72.